The zero-order valence-corrected chi connectivity index (χ0v) is 19.2. The number of ketones is 1. The molecule has 2 aromatic carbocycles. The van der Waals surface area contributed by atoms with Crippen LogP contribution in [0.2, 0.25) is 0 Å². The van der Waals surface area contributed by atoms with E-state index in [2.05, 4.69) is 0 Å². The Kier molecular flexibility index (Phi) is 6.56. The Balaban J connectivity index is 1.79. The van der Waals surface area contributed by atoms with E-state index < -0.39 is 23.7 Å². The van der Waals surface area contributed by atoms with Crippen LogP contribution in [-0.4, -0.2) is 73.0 Å². The molecule has 1 fully saturated rings. The summed E-state index contributed by atoms with van der Waals surface area (Å²) in [5.41, 5.74) is 0.935. The fourth-order valence-corrected chi connectivity index (χ4v) is 4.00. The second-order valence-electron chi connectivity index (χ2n) is 8.32. The molecule has 2 heterocycles. The summed E-state index contributed by atoms with van der Waals surface area (Å²) >= 11 is 0. The highest BCUT2D eigenvalue weighted by Gasteiger charge is 2.46. The molecule has 0 aliphatic carbocycles. The minimum Gasteiger partial charge on any atom is -0.507 e. The normalized spacial score (nSPS) is 18.9. The maximum absolute atomic E-state index is 13.1. The van der Waals surface area contributed by atoms with E-state index in [0.717, 1.165) is 0 Å². The summed E-state index contributed by atoms with van der Waals surface area (Å²) in [5.74, 6) is -0.852. The summed E-state index contributed by atoms with van der Waals surface area (Å²) in [6.07, 6.45) is 0. The fraction of sp³-hybridized carbons (Fsp3) is 0.320. The number of hydrogen-bond acceptors (Lipinski definition) is 8. The van der Waals surface area contributed by atoms with Gasteiger partial charge in [0.05, 0.1) is 11.6 Å². The fourth-order valence-electron chi connectivity index (χ4n) is 4.00. The van der Waals surface area contributed by atoms with Gasteiger partial charge in [-0.25, -0.2) is 0 Å². The number of likely N-dealkylation sites (N-methyl/N-ethyl adjacent to an activating group) is 1. The average molecular weight is 466 g/mol. The Morgan fingerprint density at radius 1 is 1.09 bits per heavy atom. The zero-order chi connectivity index (χ0) is 24.4. The number of benzene rings is 2. The molecular weight excluding hydrogens is 440 g/mol. The minimum absolute atomic E-state index is 0.0133. The van der Waals surface area contributed by atoms with Crippen molar-refractivity contribution in [3.63, 3.8) is 0 Å². The summed E-state index contributed by atoms with van der Waals surface area (Å²) in [6, 6.07) is 10.6. The van der Waals surface area contributed by atoms with E-state index in [1.165, 1.54) is 11.8 Å². The van der Waals surface area contributed by atoms with E-state index >= 15 is 0 Å². The summed E-state index contributed by atoms with van der Waals surface area (Å²) in [4.78, 5) is 40.7. The molecule has 0 spiro atoms. The third-order valence-electron chi connectivity index (χ3n) is 5.60. The van der Waals surface area contributed by atoms with E-state index in [4.69, 9.17) is 14.2 Å². The number of fused-ring (bicyclic) bond motifs is 1. The van der Waals surface area contributed by atoms with Crippen LogP contribution in [0.3, 0.4) is 0 Å². The Labute approximate surface area is 197 Å². The number of likely N-dealkylation sites (tertiary alicyclic amines) is 1. The smallest absolute Gasteiger partial charge is 0.308 e. The van der Waals surface area contributed by atoms with Gasteiger partial charge in [-0.05, 0) is 50.0 Å². The van der Waals surface area contributed by atoms with Gasteiger partial charge in [0, 0.05) is 25.6 Å². The molecule has 34 heavy (non-hydrogen) atoms. The number of amides is 1. The number of rotatable bonds is 6. The van der Waals surface area contributed by atoms with Gasteiger partial charge in [0.2, 0.25) is 0 Å². The van der Waals surface area contributed by atoms with Gasteiger partial charge in [0.15, 0.2) is 11.5 Å². The van der Waals surface area contributed by atoms with E-state index in [1.54, 1.807) is 42.5 Å². The first kappa shape index (κ1) is 23.3. The van der Waals surface area contributed by atoms with Crippen molar-refractivity contribution in [2.45, 2.75) is 13.0 Å². The third-order valence-corrected chi connectivity index (χ3v) is 5.60. The van der Waals surface area contributed by atoms with Gasteiger partial charge in [-0.1, -0.05) is 12.1 Å². The van der Waals surface area contributed by atoms with Crippen LogP contribution in [0.4, 0.5) is 0 Å². The standard InChI is InChI=1S/C25H26N2O7/c1-15(28)34-18-7-4-16(5-8-18)22-21(24(30)25(31)27(22)11-10-26(2)3)23(29)17-6-9-19-20(14-17)33-13-12-32-19/h4-9,14,22,29H,10-13H2,1-3H3/b23-21-. The SMILES string of the molecule is CC(=O)Oc1ccc(C2/C(=C(/O)c3ccc4c(c3)OCCO4)C(=O)C(=O)N2CCN(C)C)cc1. The molecule has 1 saturated heterocycles. The van der Waals surface area contributed by atoms with Crippen LogP contribution in [0, 0.1) is 0 Å². The monoisotopic (exact) mass is 466 g/mol. The van der Waals surface area contributed by atoms with Gasteiger partial charge >= 0.3 is 5.97 Å². The van der Waals surface area contributed by atoms with Crippen LogP contribution in [0.15, 0.2) is 48.0 Å². The molecule has 2 aliphatic rings. The van der Waals surface area contributed by atoms with Crippen molar-refractivity contribution < 1.29 is 33.7 Å². The van der Waals surface area contributed by atoms with Gasteiger partial charge in [-0.2, -0.15) is 0 Å². The minimum atomic E-state index is -0.806. The third kappa shape index (κ3) is 4.60. The van der Waals surface area contributed by atoms with Crippen LogP contribution in [0.25, 0.3) is 5.76 Å². The number of esters is 1. The molecule has 1 N–H and O–H groups in total. The highest BCUT2D eigenvalue weighted by atomic mass is 16.6. The molecule has 9 nitrogen and oxygen atoms in total. The number of aliphatic hydroxyl groups is 1. The van der Waals surface area contributed by atoms with Crippen molar-refractivity contribution >= 4 is 23.4 Å². The summed E-state index contributed by atoms with van der Waals surface area (Å²) in [5, 5.41) is 11.2. The van der Waals surface area contributed by atoms with Crippen LogP contribution in [0.1, 0.15) is 24.1 Å². The molecule has 0 bridgehead atoms. The first-order valence-corrected chi connectivity index (χ1v) is 10.9. The molecule has 0 saturated carbocycles. The molecule has 0 aromatic heterocycles. The number of nitrogens with zero attached hydrogens (tertiary/aromatic N) is 2. The number of carbonyl (C=O) groups excluding carboxylic acids is 3. The topological polar surface area (TPSA) is 106 Å². The van der Waals surface area contributed by atoms with Gasteiger partial charge in [-0.3, -0.25) is 14.4 Å². The molecular formula is C25H26N2O7. The largest absolute Gasteiger partial charge is 0.507 e. The van der Waals surface area contributed by atoms with Crippen molar-refractivity contribution in [2.75, 3.05) is 40.4 Å². The first-order valence-electron chi connectivity index (χ1n) is 10.9. The predicted molar refractivity (Wildman–Crippen MR) is 123 cm³/mol. The van der Waals surface area contributed by atoms with Gasteiger partial charge in [-0.15, -0.1) is 0 Å². The number of hydrogen-bond donors (Lipinski definition) is 1. The van der Waals surface area contributed by atoms with Crippen molar-refractivity contribution in [3.8, 4) is 17.2 Å². The number of ether oxygens (including phenoxy) is 3. The molecule has 1 unspecified atom stereocenters. The molecule has 1 amide bonds. The lowest BCUT2D eigenvalue weighted by molar-refractivity contribution is -0.140. The van der Waals surface area contributed by atoms with Gasteiger partial charge < -0.3 is 29.1 Å². The van der Waals surface area contributed by atoms with E-state index in [1.807, 2.05) is 19.0 Å². The lowest BCUT2D eigenvalue weighted by atomic mass is 9.95. The summed E-state index contributed by atoms with van der Waals surface area (Å²) in [6.45, 7) is 2.92. The maximum Gasteiger partial charge on any atom is 0.308 e. The van der Waals surface area contributed by atoms with E-state index in [9.17, 15) is 19.5 Å². The second-order valence-corrected chi connectivity index (χ2v) is 8.32. The molecule has 4 rings (SSSR count). The molecule has 2 aromatic rings. The Hall–Kier alpha value is -3.85. The van der Waals surface area contributed by atoms with Gasteiger partial charge in [0.1, 0.15) is 24.7 Å². The second kappa shape index (κ2) is 9.56. The lowest BCUT2D eigenvalue weighted by Crippen LogP contribution is -2.35. The molecule has 178 valence electrons. The van der Waals surface area contributed by atoms with Crippen LogP contribution in [-0.2, 0) is 14.4 Å². The number of carbonyl (C=O) groups is 3. The first-order chi connectivity index (χ1) is 16.3. The highest BCUT2D eigenvalue weighted by Crippen LogP contribution is 2.41. The number of Topliss-reactive ketones (excluding diaryl/α,β-unsaturated/α-hetero) is 1. The number of aliphatic hydroxyl groups excluding tert-OH is 1. The zero-order valence-electron chi connectivity index (χ0n) is 19.2. The average Bonchev–Trinajstić information content (AvgIpc) is 3.07. The summed E-state index contributed by atoms with van der Waals surface area (Å²) in [7, 11) is 3.74. The molecule has 9 heteroatoms. The van der Waals surface area contributed by atoms with Gasteiger partial charge in [0.25, 0.3) is 11.7 Å². The van der Waals surface area contributed by atoms with Crippen LogP contribution in [0.5, 0.6) is 17.2 Å². The van der Waals surface area contributed by atoms with Crippen LogP contribution < -0.4 is 14.2 Å². The van der Waals surface area contributed by atoms with Crippen molar-refractivity contribution in [1.29, 1.82) is 0 Å². The highest BCUT2D eigenvalue weighted by molar-refractivity contribution is 6.46. The Morgan fingerprint density at radius 2 is 1.76 bits per heavy atom. The predicted octanol–water partition coefficient (Wildman–Crippen LogP) is 2.37. The lowest BCUT2D eigenvalue weighted by Gasteiger charge is -2.26. The van der Waals surface area contributed by atoms with E-state index in [-0.39, 0.29) is 17.9 Å². The Bertz CT molecular complexity index is 1150. The van der Waals surface area contributed by atoms with E-state index in [0.29, 0.717) is 48.1 Å². The van der Waals surface area contributed by atoms with Crippen molar-refractivity contribution in [2.24, 2.45) is 0 Å². The maximum atomic E-state index is 13.1. The quantitative estimate of drug-likeness (QED) is 0.227. The van der Waals surface area contributed by atoms with Crippen molar-refractivity contribution in [1.82, 2.24) is 9.80 Å². The van der Waals surface area contributed by atoms with Crippen LogP contribution >= 0.6 is 0 Å². The van der Waals surface area contributed by atoms with Crippen molar-refractivity contribution in [3.05, 3.63) is 59.2 Å². The Morgan fingerprint density at radius 3 is 2.41 bits per heavy atom. The summed E-state index contributed by atoms with van der Waals surface area (Å²) < 4.78 is 16.2. The molecule has 0 radical (unpaired) electrons. The molecule has 1 atom stereocenters. The molecule has 2 aliphatic heterocycles.